The number of carboxylic acids is 1. The Morgan fingerprint density at radius 1 is 0.861 bits per heavy atom. The molecule has 10 N–H and O–H groups in total. The number of primary amides is 1. The van der Waals surface area contributed by atoms with Gasteiger partial charge in [0.2, 0.25) is 23.6 Å². The summed E-state index contributed by atoms with van der Waals surface area (Å²) in [5, 5.41) is 16.6. The van der Waals surface area contributed by atoms with Crippen molar-refractivity contribution in [3.05, 3.63) is 35.9 Å². The van der Waals surface area contributed by atoms with Crippen LogP contribution in [0.15, 0.2) is 30.3 Å². The van der Waals surface area contributed by atoms with Gasteiger partial charge in [-0.3, -0.25) is 19.2 Å². The summed E-state index contributed by atoms with van der Waals surface area (Å²) in [6.45, 7) is 0.389. The van der Waals surface area contributed by atoms with E-state index in [0.717, 1.165) is 5.56 Å². The second-order valence-electron chi connectivity index (χ2n) is 8.29. The minimum absolute atomic E-state index is 0.164. The molecule has 0 heterocycles. The number of aliphatic carboxylic acids is 1. The van der Waals surface area contributed by atoms with Crippen LogP contribution in [0.5, 0.6) is 0 Å². The number of benzene rings is 1. The van der Waals surface area contributed by atoms with Crippen LogP contribution in [0.2, 0.25) is 0 Å². The SMILES string of the molecule is NCCCCC(NC(=O)C(N)Cc1ccccc1)C(=O)NC(CCC(N)=O)C(=O)NC(CS)C(=O)O. The van der Waals surface area contributed by atoms with E-state index in [-0.39, 0.29) is 31.4 Å². The lowest BCUT2D eigenvalue weighted by Gasteiger charge is -2.25. The van der Waals surface area contributed by atoms with Crippen molar-refractivity contribution in [2.24, 2.45) is 17.2 Å². The Hall–Kier alpha value is -3.16. The molecule has 4 amide bonds. The molecule has 0 aliphatic carbocycles. The summed E-state index contributed by atoms with van der Waals surface area (Å²) < 4.78 is 0. The number of nitrogens with one attached hydrogen (secondary N) is 3. The molecule has 0 fully saturated rings. The van der Waals surface area contributed by atoms with E-state index in [1.165, 1.54) is 0 Å². The number of thiol groups is 1. The molecule has 1 aromatic carbocycles. The number of carbonyl (C=O) groups is 5. The van der Waals surface area contributed by atoms with Crippen LogP contribution in [0.1, 0.15) is 37.7 Å². The molecule has 0 saturated heterocycles. The molecule has 0 saturated carbocycles. The molecular formula is C23H36N6O6S. The molecule has 0 spiro atoms. The van der Waals surface area contributed by atoms with Gasteiger partial charge in [-0.2, -0.15) is 12.6 Å². The van der Waals surface area contributed by atoms with E-state index in [9.17, 15) is 29.1 Å². The molecule has 4 unspecified atom stereocenters. The fourth-order valence-corrected chi connectivity index (χ4v) is 3.53. The quantitative estimate of drug-likeness (QED) is 0.0875. The number of carboxylic acid groups (broad SMARTS) is 1. The normalized spacial score (nSPS) is 14.1. The van der Waals surface area contributed by atoms with E-state index >= 15 is 0 Å². The van der Waals surface area contributed by atoms with Gasteiger partial charge in [0.15, 0.2) is 0 Å². The highest BCUT2D eigenvalue weighted by Crippen LogP contribution is 2.07. The number of amides is 4. The van der Waals surface area contributed by atoms with Crippen LogP contribution in [0, 0.1) is 0 Å². The van der Waals surface area contributed by atoms with Gasteiger partial charge < -0.3 is 38.3 Å². The van der Waals surface area contributed by atoms with Gasteiger partial charge >= 0.3 is 5.97 Å². The number of carbonyl (C=O) groups excluding carboxylic acids is 4. The van der Waals surface area contributed by atoms with Crippen molar-refractivity contribution in [3.8, 4) is 0 Å². The predicted octanol–water partition coefficient (Wildman–Crippen LogP) is -1.58. The molecule has 0 aliphatic rings. The maximum absolute atomic E-state index is 13.1. The van der Waals surface area contributed by atoms with Crippen LogP contribution < -0.4 is 33.2 Å². The van der Waals surface area contributed by atoms with Crippen molar-refractivity contribution in [3.63, 3.8) is 0 Å². The van der Waals surface area contributed by atoms with Crippen molar-refractivity contribution in [2.75, 3.05) is 12.3 Å². The fourth-order valence-electron chi connectivity index (χ4n) is 3.29. The van der Waals surface area contributed by atoms with Crippen molar-refractivity contribution in [1.29, 1.82) is 0 Å². The summed E-state index contributed by atoms with van der Waals surface area (Å²) in [5.74, 6) is -4.25. The minimum atomic E-state index is -1.31. The van der Waals surface area contributed by atoms with Gasteiger partial charge in [-0.15, -0.1) is 0 Å². The molecule has 0 aliphatic heterocycles. The molecule has 1 aromatic rings. The largest absolute Gasteiger partial charge is 0.480 e. The molecule has 1 rings (SSSR count). The van der Waals surface area contributed by atoms with Crippen LogP contribution in [0.4, 0.5) is 0 Å². The Balaban J connectivity index is 2.96. The highest BCUT2D eigenvalue weighted by Gasteiger charge is 2.30. The van der Waals surface area contributed by atoms with E-state index in [1.807, 2.05) is 30.3 Å². The van der Waals surface area contributed by atoms with Gasteiger partial charge in [0.05, 0.1) is 6.04 Å². The molecular weight excluding hydrogens is 488 g/mol. The second kappa shape index (κ2) is 16.5. The first-order valence-electron chi connectivity index (χ1n) is 11.6. The summed E-state index contributed by atoms with van der Waals surface area (Å²) >= 11 is 3.90. The Morgan fingerprint density at radius 2 is 1.42 bits per heavy atom. The Kier molecular flexibility index (Phi) is 14.1. The number of hydrogen-bond acceptors (Lipinski definition) is 8. The zero-order valence-electron chi connectivity index (χ0n) is 20.0. The second-order valence-corrected chi connectivity index (χ2v) is 8.66. The smallest absolute Gasteiger partial charge is 0.327 e. The molecule has 200 valence electrons. The molecule has 0 aromatic heterocycles. The first kappa shape index (κ1) is 30.9. The highest BCUT2D eigenvalue weighted by atomic mass is 32.1. The van der Waals surface area contributed by atoms with Gasteiger partial charge in [0.1, 0.15) is 18.1 Å². The van der Waals surface area contributed by atoms with Gasteiger partial charge in [-0.05, 0) is 44.2 Å². The van der Waals surface area contributed by atoms with E-state index in [1.54, 1.807) is 0 Å². The summed E-state index contributed by atoms with van der Waals surface area (Å²) in [4.78, 5) is 61.0. The summed E-state index contributed by atoms with van der Waals surface area (Å²) in [6, 6.07) is 4.63. The maximum Gasteiger partial charge on any atom is 0.327 e. The zero-order valence-corrected chi connectivity index (χ0v) is 20.9. The van der Waals surface area contributed by atoms with Crippen LogP contribution in [0.25, 0.3) is 0 Å². The van der Waals surface area contributed by atoms with E-state index in [2.05, 4.69) is 28.6 Å². The van der Waals surface area contributed by atoms with Crippen molar-refractivity contribution in [2.45, 2.75) is 62.7 Å². The highest BCUT2D eigenvalue weighted by molar-refractivity contribution is 7.80. The monoisotopic (exact) mass is 524 g/mol. The molecule has 4 atom stereocenters. The Labute approximate surface area is 215 Å². The van der Waals surface area contributed by atoms with Crippen molar-refractivity contribution >= 4 is 42.2 Å². The average Bonchev–Trinajstić information content (AvgIpc) is 2.84. The lowest BCUT2D eigenvalue weighted by molar-refractivity contribution is -0.141. The van der Waals surface area contributed by atoms with Crippen molar-refractivity contribution < 1.29 is 29.1 Å². The van der Waals surface area contributed by atoms with Crippen LogP contribution in [-0.4, -0.2) is 71.2 Å². The predicted molar refractivity (Wildman–Crippen MR) is 137 cm³/mol. The lowest BCUT2D eigenvalue weighted by atomic mass is 10.0. The summed E-state index contributed by atoms with van der Waals surface area (Å²) in [7, 11) is 0. The summed E-state index contributed by atoms with van der Waals surface area (Å²) in [6.07, 6.45) is 1.20. The maximum atomic E-state index is 13.1. The van der Waals surface area contributed by atoms with E-state index in [4.69, 9.17) is 17.2 Å². The minimum Gasteiger partial charge on any atom is -0.480 e. The standard InChI is InChI=1S/C23H36N6O6S/c24-11-5-4-8-16(27-20(31)15(25)12-14-6-2-1-3-7-14)21(32)28-17(9-10-19(26)30)22(33)29-18(13-36)23(34)35/h1-3,6-7,15-18,36H,4-5,8-13,24-25H2,(H2,26,30)(H,27,31)(H,28,32)(H,29,33)(H,34,35). The van der Waals surface area contributed by atoms with Crippen LogP contribution in [0.3, 0.4) is 0 Å². The van der Waals surface area contributed by atoms with Crippen LogP contribution in [-0.2, 0) is 30.4 Å². The average molecular weight is 525 g/mol. The Morgan fingerprint density at radius 3 is 1.94 bits per heavy atom. The van der Waals surface area contributed by atoms with E-state index in [0.29, 0.717) is 19.4 Å². The van der Waals surface area contributed by atoms with Gasteiger partial charge in [0.25, 0.3) is 0 Å². The van der Waals surface area contributed by atoms with E-state index < -0.39 is 53.8 Å². The third-order valence-electron chi connectivity index (χ3n) is 5.32. The Bertz CT molecular complexity index is 887. The first-order valence-corrected chi connectivity index (χ1v) is 12.2. The van der Waals surface area contributed by atoms with Crippen LogP contribution >= 0.6 is 12.6 Å². The molecule has 13 heteroatoms. The molecule has 0 bridgehead atoms. The van der Waals surface area contributed by atoms with Gasteiger partial charge in [-0.25, -0.2) is 4.79 Å². The number of rotatable bonds is 17. The zero-order chi connectivity index (χ0) is 27.1. The first-order chi connectivity index (χ1) is 17.1. The third-order valence-corrected chi connectivity index (χ3v) is 5.69. The fraction of sp³-hybridized carbons (Fsp3) is 0.522. The molecule has 12 nitrogen and oxygen atoms in total. The number of unbranched alkanes of at least 4 members (excludes halogenated alkanes) is 1. The number of nitrogens with two attached hydrogens (primary N) is 3. The molecule has 36 heavy (non-hydrogen) atoms. The van der Waals surface area contributed by atoms with Gasteiger partial charge in [0, 0.05) is 12.2 Å². The number of hydrogen-bond donors (Lipinski definition) is 8. The van der Waals surface area contributed by atoms with Crippen molar-refractivity contribution in [1.82, 2.24) is 16.0 Å². The third kappa shape index (κ3) is 11.5. The summed E-state index contributed by atoms with van der Waals surface area (Å²) in [5.41, 5.74) is 17.6. The molecule has 0 radical (unpaired) electrons. The topological polar surface area (TPSA) is 220 Å². The van der Waals surface area contributed by atoms with Gasteiger partial charge in [-0.1, -0.05) is 30.3 Å². The lowest BCUT2D eigenvalue weighted by Crippen LogP contribution is -2.57.